The van der Waals surface area contributed by atoms with Gasteiger partial charge in [0.25, 0.3) is 5.91 Å². The maximum atomic E-state index is 11.7. The summed E-state index contributed by atoms with van der Waals surface area (Å²) in [5, 5.41) is 11.0. The van der Waals surface area contributed by atoms with E-state index in [4.69, 9.17) is 5.26 Å². The van der Waals surface area contributed by atoms with Gasteiger partial charge in [0.1, 0.15) is 0 Å². The van der Waals surface area contributed by atoms with Gasteiger partial charge in [-0.25, -0.2) is 4.79 Å². The van der Waals surface area contributed by atoms with Crippen LogP contribution in [0.15, 0.2) is 29.3 Å². The zero-order valence-corrected chi connectivity index (χ0v) is 12.9. The number of amides is 2. The highest BCUT2D eigenvalue weighted by atomic mass is 16.5. The fraction of sp³-hybridized carbons (Fsp3) is 0.375. The van der Waals surface area contributed by atoms with Gasteiger partial charge in [-0.05, 0) is 30.5 Å². The maximum Gasteiger partial charge on any atom is 0.413 e. The summed E-state index contributed by atoms with van der Waals surface area (Å²) in [6.45, 7) is 5.94. The second-order valence-corrected chi connectivity index (χ2v) is 4.84. The second kappa shape index (κ2) is 8.57. The molecule has 0 fully saturated rings. The number of nitrogens with one attached hydrogen (secondary N) is 1. The van der Waals surface area contributed by atoms with Crippen LogP contribution in [0.5, 0.6) is 0 Å². The molecule has 0 saturated heterocycles. The van der Waals surface area contributed by atoms with E-state index in [-0.39, 0.29) is 6.61 Å². The lowest BCUT2D eigenvalue weighted by Crippen LogP contribution is -2.36. The van der Waals surface area contributed by atoms with Gasteiger partial charge in [0.05, 0.1) is 18.4 Å². The lowest BCUT2D eigenvalue weighted by Gasteiger charge is -2.06. The van der Waals surface area contributed by atoms with Crippen molar-refractivity contribution in [2.24, 2.45) is 10.9 Å². The zero-order valence-electron chi connectivity index (χ0n) is 12.9. The Hall–Kier alpha value is -2.68. The average molecular weight is 301 g/mol. The van der Waals surface area contributed by atoms with Gasteiger partial charge in [0.15, 0.2) is 5.92 Å². The van der Waals surface area contributed by atoms with Crippen molar-refractivity contribution in [1.82, 2.24) is 5.32 Å². The van der Waals surface area contributed by atoms with Crippen molar-refractivity contribution in [2.45, 2.75) is 26.7 Å². The molecule has 0 aromatic heterocycles. The van der Waals surface area contributed by atoms with Crippen LogP contribution in [-0.4, -0.2) is 24.8 Å². The second-order valence-electron chi connectivity index (χ2n) is 4.84. The molecular weight excluding hydrogens is 282 g/mol. The first kappa shape index (κ1) is 17.4. The molecule has 1 aromatic carbocycles. The Kier molecular flexibility index (Phi) is 6.77. The van der Waals surface area contributed by atoms with Gasteiger partial charge in [-0.15, -0.1) is 0 Å². The minimum atomic E-state index is -1.16. The summed E-state index contributed by atoms with van der Waals surface area (Å²) in [5.41, 5.74) is 1.81. The van der Waals surface area contributed by atoms with Crippen LogP contribution in [0.25, 0.3) is 0 Å². The van der Waals surface area contributed by atoms with Crippen LogP contribution in [0.1, 0.15) is 32.3 Å². The highest BCUT2D eigenvalue weighted by Crippen LogP contribution is 2.18. The molecule has 22 heavy (non-hydrogen) atoms. The highest BCUT2D eigenvalue weighted by molar-refractivity contribution is 6.03. The Morgan fingerprint density at radius 2 is 2.00 bits per heavy atom. The van der Waals surface area contributed by atoms with Crippen molar-refractivity contribution in [2.75, 3.05) is 6.61 Å². The minimum Gasteiger partial charge on any atom is -0.450 e. The highest BCUT2D eigenvalue weighted by Gasteiger charge is 2.18. The Morgan fingerprint density at radius 1 is 1.36 bits per heavy atom. The third-order valence-corrected chi connectivity index (χ3v) is 2.85. The number of aliphatic imine (C=N–C) groups is 1. The monoisotopic (exact) mass is 301 g/mol. The first-order chi connectivity index (χ1) is 10.5. The fourth-order valence-electron chi connectivity index (χ4n) is 1.61. The topological polar surface area (TPSA) is 91.5 Å². The van der Waals surface area contributed by atoms with E-state index in [0.717, 1.165) is 0 Å². The summed E-state index contributed by atoms with van der Waals surface area (Å²) in [6.07, 6.45) is 0.335. The lowest BCUT2D eigenvalue weighted by atomic mass is 10.0. The summed E-state index contributed by atoms with van der Waals surface area (Å²) in [4.78, 5) is 26.9. The summed E-state index contributed by atoms with van der Waals surface area (Å²) in [5.74, 6) is -1.50. The Morgan fingerprint density at radius 3 is 2.50 bits per heavy atom. The molecular formula is C16H19N3O3. The van der Waals surface area contributed by atoms with E-state index < -0.39 is 17.9 Å². The molecule has 0 aliphatic heterocycles. The number of imide groups is 1. The molecule has 1 unspecified atom stereocenters. The summed E-state index contributed by atoms with van der Waals surface area (Å²) >= 11 is 0. The van der Waals surface area contributed by atoms with E-state index in [9.17, 15) is 9.59 Å². The molecule has 0 saturated carbocycles. The predicted octanol–water partition coefficient (Wildman–Crippen LogP) is 2.92. The number of benzene rings is 1. The fourth-order valence-corrected chi connectivity index (χ4v) is 1.61. The molecule has 1 N–H and O–H groups in total. The molecule has 0 spiro atoms. The Bertz CT molecular complexity index is 586. The molecule has 2 amide bonds. The van der Waals surface area contributed by atoms with Gasteiger partial charge in [-0.1, -0.05) is 26.0 Å². The molecule has 1 aromatic rings. The molecule has 1 atom stereocenters. The van der Waals surface area contributed by atoms with Crippen molar-refractivity contribution in [3.63, 3.8) is 0 Å². The van der Waals surface area contributed by atoms with Crippen LogP contribution in [0.3, 0.4) is 0 Å². The summed E-state index contributed by atoms with van der Waals surface area (Å²) in [6, 6.07) is 9.28. The van der Waals surface area contributed by atoms with Crippen LogP contribution < -0.4 is 5.32 Å². The van der Waals surface area contributed by atoms with E-state index in [0.29, 0.717) is 11.6 Å². The summed E-state index contributed by atoms with van der Waals surface area (Å²) < 4.78 is 4.58. The van der Waals surface area contributed by atoms with Crippen molar-refractivity contribution in [3.05, 3.63) is 29.8 Å². The van der Waals surface area contributed by atoms with Crippen molar-refractivity contribution < 1.29 is 14.3 Å². The van der Waals surface area contributed by atoms with E-state index in [1.54, 1.807) is 13.0 Å². The van der Waals surface area contributed by atoms with Gasteiger partial charge in [0.2, 0.25) is 0 Å². The van der Waals surface area contributed by atoms with E-state index in [1.807, 2.05) is 29.6 Å². The number of alkyl carbamates (subject to hydrolysis) is 1. The van der Waals surface area contributed by atoms with Crippen molar-refractivity contribution in [1.29, 1.82) is 5.26 Å². The van der Waals surface area contributed by atoms with Crippen LogP contribution in [0.4, 0.5) is 10.5 Å². The molecule has 0 bridgehead atoms. The molecule has 1 rings (SSSR count). The standard InChI is InChI=1S/C16H19N3O3/c1-4-22-16(21)19-15(20)13(9-17)10-18-14-7-5-12(6-8-14)11(2)3/h5-8,10-11,13H,4H2,1-3H3,(H,19,20,21). The van der Waals surface area contributed by atoms with Gasteiger partial charge < -0.3 is 4.74 Å². The Balaban J connectivity index is 2.71. The normalized spacial score (nSPS) is 12.0. The number of carbonyl (C=O) groups is 2. The molecule has 116 valence electrons. The number of hydrogen-bond acceptors (Lipinski definition) is 5. The number of carbonyl (C=O) groups excluding carboxylic acids is 2. The zero-order chi connectivity index (χ0) is 16.5. The number of rotatable bonds is 5. The van der Waals surface area contributed by atoms with E-state index in [1.165, 1.54) is 11.8 Å². The van der Waals surface area contributed by atoms with Crippen LogP contribution in [-0.2, 0) is 9.53 Å². The summed E-state index contributed by atoms with van der Waals surface area (Å²) in [7, 11) is 0. The van der Waals surface area contributed by atoms with Gasteiger partial charge in [-0.2, -0.15) is 5.26 Å². The minimum absolute atomic E-state index is 0.145. The largest absolute Gasteiger partial charge is 0.450 e. The smallest absolute Gasteiger partial charge is 0.413 e. The van der Waals surface area contributed by atoms with Crippen LogP contribution >= 0.6 is 0 Å². The van der Waals surface area contributed by atoms with Crippen LogP contribution in [0, 0.1) is 17.2 Å². The number of hydrogen-bond donors (Lipinski definition) is 1. The maximum absolute atomic E-state index is 11.7. The van der Waals surface area contributed by atoms with Gasteiger partial charge in [-0.3, -0.25) is 15.1 Å². The SMILES string of the molecule is CCOC(=O)NC(=O)C(C#N)C=Nc1ccc(C(C)C)cc1. The molecule has 6 nitrogen and oxygen atoms in total. The quantitative estimate of drug-likeness (QED) is 0.846. The molecule has 0 aliphatic carbocycles. The third kappa shape index (κ3) is 5.37. The predicted molar refractivity (Wildman–Crippen MR) is 83.0 cm³/mol. The first-order valence-corrected chi connectivity index (χ1v) is 6.99. The number of nitrogens with zero attached hydrogens (tertiary/aromatic N) is 2. The molecule has 6 heteroatoms. The van der Waals surface area contributed by atoms with Gasteiger partial charge in [0, 0.05) is 6.21 Å². The van der Waals surface area contributed by atoms with Crippen LogP contribution in [0.2, 0.25) is 0 Å². The average Bonchev–Trinajstić information content (AvgIpc) is 2.48. The van der Waals surface area contributed by atoms with Gasteiger partial charge >= 0.3 is 6.09 Å². The van der Waals surface area contributed by atoms with Crippen molar-refractivity contribution in [3.8, 4) is 6.07 Å². The number of ether oxygens (including phenoxy) is 1. The first-order valence-electron chi connectivity index (χ1n) is 6.99. The van der Waals surface area contributed by atoms with E-state index in [2.05, 4.69) is 23.6 Å². The molecule has 0 radical (unpaired) electrons. The number of nitriles is 1. The van der Waals surface area contributed by atoms with Crippen molar-refractivity contribution >= 4 is 23.9 Å². The van der Waals surface area contributed by atoms with E-state index >= 15 is 0 Å². The molecule has 0 heterocycles. The third-order valence-electron chi connectivity index (χ3n) is 2.85. The lowest BCUT2D eigenvalue weighted by molar-refractivity contribution is -0.121. The Labute approximate surface area is 129 Å². The molecule has 0 aliphatic rings.